The maximum absolute atomic E-state index is 4.05. The highest BCUT2D eigenvalue weighted by molar-refractivity contribution is 7.10. The van der Waals surface area contributed by atoms with Gasteiger partial charge in [-0.25, -0.2) is 9.97 Å². The van der Waals surface area contributed by atoms with Gasteiger partial charge in [-0.1, -0.05) is 13.0 Å². The van der Waals surface area contributed by atoms with Gasteiger partial charge in [0.2, 0.25) is 0 Å². The van der Waals surface area contributed by atoms with Gasteiger partial charge in [0.05, 0.1) is 6.04 Å². The molecule has 0 amide bonds. The van der Waals surface area contributed by atoms with Crippen molar-refractivity contribution in [2.24, 2.45) is 0 Å². The van der Waals surface area contributed by atoms with Gasteiger partial charge in [0.15, 0.2) is 0 Å². The first-order valence-corrected chi connectivity index (χ1v) is 5.81. The van der Waals surface area contributed by atoms with Crippen LogP contribution >= 0.6 is 11.3 Å². The number of rotatable bonds is 4. The summed E-state index contributed by atoms with van der Waals surface area (Å²) in [5.74, 6) is 0. The van der Waals surface area contributed by atoms with Crippen LogP contribution < -0.4 is 5.32 Å². The zero-order valence-electron chi connectivity index (χ0n) is 8.55. The minimum Gasteiger partial charge on any atom is -0.306 e. The van der Waals surface area contributed by atoms with Crippen LogP contribution in [0.5, 0.6) is 0 Å². The summed E-state index contributed by atoms with van der Waals surface area (Å²) in [6, 6.07) is 4.41. The average Bonchev–Trinajstić information content (AvgIpc) is 2.80. The molecule has 0 fully saturated rings. The molecule has 0 aliphatic heterocycles. The van der Waals surface area contributed by atoms with Gasteiger partial charge in [0, 0.05) is 22.8 Å². The molecule has 2 heterocycles. The SMILES string of the molecule is CCNC(c1cncnc1)c1cccs1. The fourth-order valence-corrected chi connectivity index (χ4v) is 2.33. The zero-order valence-corrected chi connectivity index (χ0v) is 9.37. The van der Waals surface area contributed by atoms with E-state index in [1.165, 1.54) is 4.88 Å². The Hall–Kier alpha value is -1.26. The minimum absolute atomic E-state index is 0.219. The number of nitrogens with zero attached hydrogens (tertiary/aromatic N) is 2. The van der Waals surface area contributed by atoms with Crippen molar-refractivity contribution in [3.8, 4) is 0 Å². The third-order valence-electron chi connectivity index (χ3n) is 2.15. The van der Waals surface area contributed by atoms with Crippen LogP contribution in [0.1, 0.15) is 23.4 Å². The van der Waals surface area contributed by atoms with Crippen molar-refractivity contribution >= 4 is 11.3 Å². The van der Waals surface area contributed by atoms with Crippen LogP contribution in [0.2, 0.25) is 0 Å². The van der Waals surface area contributed by atoms with Gasteiger partial charge in [0.1, 0.15) is 6.33 Å². The smallest absolute Gasteiger partial charge is 0.115 e. The molecular formula is C11H13N3S. The standard InChI is InChI=1S/C11H13N3S/c1-2-14-11(10-4-3-5-15-10)9-6-12-8-13-7-9/h3-8,11,14H,2H2,1H3. The van der Waals surface area contributed by atoms with Crippen LogP contribution in [0.3, 0.4) is 0 Å². The number of hydrogen-bond donors (Lipinski definition) is 1. The Morgan fingerprint density at radius 1 is 1.40 bits per heavy atom. The Morgan fingerprint density at radius 2 is 2.20 bits per heavy atom. The third kappa shape index (κ3) is 2.40. The monoisotopic (exact) mass is 219 g/mol. The van der Waals surface area contributed by atoms with E-state index in [1.807, 2.05) is 12.4 Å². The highest BCUT2D eigenvalue weighted by Crippen LogP contribution is 2.24. The van der Waals surface area contributed by atoms with Gasteiger partial charge in [-0.3, -0.25) is 0 Å². The van der Waals surface area contributed by atoms with Gasteiger partial charge in [-0.15, -0.1) is 11.3 Å². The number of thiophene rings is 1. The van der Waals surface area contributed by atoms with Crippen LogP contribution in [0.15, 0.2) is 36.2 Å². The number of aromatic nitrogens is 2. The first-order valence-electron chi connectivity index (χ1n) is 4.93. The average molecular weight is 219 g/mol. The summed E-state index contributed by atoms with van der Waals surface area (Å²) >= 11 is 1.75. The molecule has 15 heavy (non-hydrogen) atoms. The van der Waals surface area contributed by atoms with Crippen molar-refractivity contribution in [2.45, 2.75) is 13.0 Å². The van der Waals surface area contributed by atoms with Gasteiger partial charge in [-0.05, 0) is 18.0 Å². The zero-order chi connectivity index (χ0) is 10.5. The lowest BCUT2D eigenvalue weighted by Gasteiger charge is -2.15. The summed E-state index contributed by atoms with van der Waals surface area (Å²) < 4.78 is 0. The second kappa shape index (κ2) is 5.00. The molecule has 1 unspecified atom stereocenters. The molecule has 3 nitrogen and oxygen atoms in total. The molecule has 0 aliphatic carbocycles. The lowest BCUT2D eigenvalue weighted by molar-refractivity contribution is 0.635. The molecule has 78 valence electrons. The largest absolute Gasteiger partial charge is 0.306 e. The lowest BCUT2D eigenvalue weighted by Crippen LogP contribution is -2.21. The minimum atomic E-state index is 0.219. The van der Waals surface area contributed by atoms with E-state index in [2.05, 4.69) is 39.7 Å². The molecular weight excluding hydrogens is 206 g/mol. The molecule has 0 radical (unpaired) electrons. The van der Waals surface area contributed by atoms with E-state index in [9.17, 15) is 0 Å². The Labute approximate surface area is 93.2 Å². The van der Waals surface area contributed by atoms with Crippen LogP contribution in [0.4, 0.5) is 0 Å². The van der Waals surface area contributed by atoms with Gasteiger partial charge >= 0.3 is 0 Å². The Bertz CT molecular complexity index is 385. The van der Waals surface area contributed by atoms with E-state index < -0.39 is 0 Å². The summed E-state index contributed by atoms with van der Waals surface area (Å²) in [7, 11) is 0. The second-order valence-electron chi connectivity index (χ2n) is 3.18. The maximum Gasteiger partial charge on any atom is 0.115 e. The summed E-state index contributed by atoms with van der Waals surface area (Å²) in [6.45, 7) is 3.03. The second-order valence-corrected chi connectivity index (χ2v) is 4.16. The summed E-state index contributed by atoms with van der Waals surface area (Å²) in [6.07, 6.45) is 5.28. The molecule has 0 aromatic carbocycles. The van der Waals surface area contributed by atoms with Crippen molar-refractivity contribution < 1.29 is 0 Å². The maximum atomic E-state index is 4.05. The van der Waals surface area contributed by atoms with Crippen LogP contribution in [0, 0.1) is 0 Å². The highest BCUT2D eigenvalue weighted by atomic mass is 32.1. The molecule has 2 aromatic heterocycles. The molecule has 0 aliphatic rings. The van der Waals surface area contributed by atoms with Crippen molar-refractivity contribution in [3.05, 3.63) is 46.7 Å². The Kier molecular flexibility index (Phi) is 3.42. The molecule has 2 rings (SSSR count). The topological polar surface area (TPSA) is 37.8 Å². The molecule has 2 aromatic rings. The third-order valence-corrected chi connectivity index (χ3v) is 3.09. The van der Waals surface area contributed by atoms with Crippen LogP contribution in [-0.2, 0) is 0 Å². The van der Waals surface area contributed by atoms with Gasteiger partial charge < -0.3 is 5.32 Å². The summed E-state index contributed by atoms with van der Waals surface area (Å²) in [5, 5.41) is 5.52. The summed E-state index contributed by atoms with van der Waals surface area (Å²) in [5.41, 5.74) is 1.11. The first kappa shape index (κ1) is 10.3. The molecule has 1 atom stereocenters. The van der Waals surface area contributed by atoms with Crippen LogP contribution in [0.25, 0.3) is 0 Å². The molecule has 0 spiro atoms. The summed E-state index contributed by atoms with van der Waals surface area (Å²) in [4.78, 5) is 9.40. The molecule has 4 heteroatoms. The van der Waals surface area contributed by atoms with E-state index in [0.717, 1.165) is 12.1 Å². The fraction of sp³-hybridized carbons (Fsp3) is 0.273. The van der Waals surface area contributed by atoms with Crippen molar-refractivity contribution in [2.75, 3.05) is 6.54 Å². The quantitative estimate of drug-likeness (QED) is 0.857. The van der Waals surface area contributed by atoms with E-state index in [0.29, 0.717) is 0 Å². The number of hydrogen-bond acceptors (Lipinski definition) is 4. The Morgan fingerprint density at radius 3 is 2.80 bits per heavy atom. The first-order chi connectivity index (χ1) is 7.42. The van der Waals surface area contributed by atoms with Crippen molar-refractivity contribution in [1.82, 2.24) is 15.3 Å². The molecule has 0 saturated carbocycles. The fourth-order valence-electron chi connectivity index (χ4n) is 1.50. The van der Waals surface area contributed by atoms with E-state index in [-0.39, 0.29) is 6.04 Å². The molecule has 0 bridgehead atoms. The predicted molar refractivity (Wildman–Crippen MR) is 61.9 cm³/mol. The van der Waals surface area contributed by atoms with E-state index in [4.69, 9.17) is 0 Å². The van der Waals surface area contributed by atoms with E-state index >= 15 is 0 Å². The van der Waals surface area contributed by atoms with Gasteiger partial charge in [-0.2, -0.15) is 0 Å². The van der Waals surface area contributed by atoms with Crippen LogP contribution in [-0.4, -0.2) is 16.5 Å². The number of nitrogens with one attached hydrogen (secondary N) is 1. The predicted octanol–water partition coefficient (Wildman–Crippen LogP) is 2.24. The Balaban J connectivity index is 2.28. The van der Waals surface area contributed by atoms with E-state index in [1.54, 1.807) is 17.7 Å². The molecule has 0 saturated heterocycles. The lowest BCUT2D eigenvalue weighted by atomic mass is 10.1. The van der Waals surface area contributed by atoms with Gasteiger partial charge in [0.25, 0.3) is 0 Å². The highest BCUT2D eigenvalue weighted by Gasteiger charge is 2.13. The normalized spacial score (nSPS) is 12.6. The molecule has 1 N–H and O–H groups in total. The van der Waals surface area contributed by atoms with Crippen molar-refractivity contribution in [1.29, 1.82) is 0 Å². The van der Waals surface area contributed by atoms with Crippen molar-refractivity contribution in [3.63, 3.8) is 0 Å².